The van der Waals surface area contributed by atoms with Crippen molar-refractivity contribution in [1.29, 1.82) is 0 Å². The Morgan fingerprint density at radius 3 is 3.00 bits per heavy atom. The van der Waals surface area contributed by atoms with Crippen LogP contribution in [0.2, 0.25) is 0 Å². The van der Waals surface area contributed by atoms with E-state index in [9.17, 15) is 14.0 Å². The van der Waals surface area contributed by atoms with Gasteiger partial charge in [0, 0.05) is 13.1 Å². The van der Waals surface area contributed by atoms with Gasteiger partial charge in [-0.2, -0.15) is 5.10 Å². The van der Waals surface area contributed by atoms with E-state index in [1.165, 1.54) is 41.0 Å². The topological polar surface area (TPSA) is 76.5 Å². The van der Waals surface area contributed by atoms with Crippen LogP contribution >= 0.6 is 0 Å². The van der Waals surface area contributed by atoms with Gasteiger partial charge in [-0.1, -0.05) is 5.92 Å². The Balaban J connectivity index is 1.77. The number of benzene rings is 1. The Morgan fingerprint density at radius 1 is 1.56 bits per heavy atom. The Kier molecular flexibility index (Phi) is 4.39. The molecule has 25 heavy (non-hydrogen) atoms. The van der Waals surface area contributed by atoms with Crippen molar-refractivity contribution >= 4 is 17.7 Å². The lowest BCUT2D eigenvalue weighted by molar-refractivity contribution is -0.119. The van der Waals surface area contributed by atoms with Crippen LogP contribution in [0.4, 0.5) is 14.9 Å². The molecule has 7 nitrogen and oxygen atoms in total. The van der Waals surface area contributed by atoms with Gasteiger partial charge in [0.05, 0.1) is 30.5 Å². The van der Waals surface area contributed by atoms with Gasteiger partial charge in [-0.3, -0.25) is 9.69 Å². The summed E-state index contributed by atoms with van der Waals surface area (Å²) in [5, 5.41) is 6.59. The number of hydrogen-bond acceptors (Lipinski definition) is 4. The fourth-order valence-corrected chi connectivity index (χ4v) is 2.47. The van der Waals surface area contributed by atoms with E-state index in [1.807, 2.05) is 0 Å². The smallest absolute Gasteiger partial charge is 0.414 e. The molecule has 128 valence electrons. The zero-order chi connectivity index (χ0) is 18.0. The van der Waals surface area contributed by atoms with Crippen LogP contribution in [-0.2, 0) is 9.53 Å². The van der Waals surface area contributed by atoms with Crippen molar-refractivity contribution in [3.05, 3.63) is 42.0 Å². The van der Waals surface area contributed by atoms with Gasteiger partial charge < -0.3 is 10.1 Å². The number of carbonyl (C=O) groups is 2. The third-order valence-electron chi connectivity index (χ3n) is 3.69. The van der Waals surface area contributed by atoms with Crippen LogP contribution in [0.3, 0.4) is 0 Å². The molecule has 0 saturated carbocycles. The highest BCUT2D eigenvalue weighted by Crippen LogP contribution is 2.25. The third-order valence-corrected chi connectivity index (χ3v) is 3.69. The summed E-state index contributed by atoms with van der Waals surface area (Å²) < 4.78 is 20.9. The summed E-state index contributed by atoms with van der Waals surface area (Å²) in [6, 6.07) is 4.33. The minimum Gasteiger partial charge on any atom is -0.442 e. The summed E-state index contributed by atoms with van der Waals surface area (Å²) in [5.41, 5.74) is 1.11. The average molecular weight is 342 g/mol. The highest BCUT2D eigenvalue weighted by atomic mass is 19.1. The molecule has 1 aliphatic rings. The lowest BCUT2D eigenvalue weighted by atomic mass is 10.2. The van der Waals surface area contributed by atoms with Gasteiger partial charge in [-0.05, 0) is 18.2 Å². The number of nitrogens with one attached hydrogen (secondary N) is 1. The van der Waals surface area contributed by atoms with Gasteiger partial charge in [-0.25, -0.2) is 13.9 Å². The molecule has 0 unspecified atom stereocenters. The number of hydrogen-bond donors (Lipinski definition) is 1. The molecular weight excluding hydrogens is 327 g/mol. The van der Waals surface area contributed by atoms with Crippen molar-refractivity contribution in [3.8, 4) is 18.0 Å². The fourth-order valence-electron chi connectivity index (χ4n) is 2.47. The van der Waals surface area contributed by atoms with Crippen LogP contribution in [0.15, 0.2) is 30.6 Å². The van der Waals surface area contributed by atoms with Crippen LogP contribution in [-0.4, -0.2) is 41.0 Å². The predicted molar refractivity (Wildman–Crippen MR) is 87.8 cm³/mol. The Labute approximate surface area is 143 Å². The van der Waals surface area contributed by atoms with E-state index < -0.39 is 18.0 Å². The molecule has 1 fully saturated rings. The number of amides is 2. The molecule has 0 aliphatic carbocycles. The van der Waals surface area contributed by atoms with Crippen LogP contribution < -0.4 is 10.2 Å². The molecule has 0 radical (unpaired) electrons. The summed E-state index contributed by atoms with van der Waals surface area (Å²) in [4.78, 5) is 24.2. The minimum absolute atomic E-state index is 0.209. The fraction of sp³-hybridized carbons (Fsp3) is 0.235. The molecule has 2 aromatic rings. The second-order valence-corrected chi connectivity index (χ2v) is 5.51. The van der Waals surface area contributed by atoms with Crippen molar-refractivity contribution in [1.82, 2.24) is 15.1 Å². The molecule has 1 aromatic heterocycles. The maximum atomic E-state index is 14.4. The Bertz CT molecular complexity index is 871. The maximum Gasteiger partial charge on any atom is 0.414 e. The van der Waals surface area contributed by atoms with Gasteiger partial charge in [0.15, 0.2) is 5.82 Å². The lowest BCUT2D eigenvalue weighted by Gasteiger charge is -2.14. The summed E-state index contributed by atoms with van der Waals surface area (Å²) in [6.45, 7) is 1.81. The molecule has 0 spiro atoms. The summed E-state index contributed by atoms with van der Waals surface area (Å²) in [5.74, 6) is 1.65. The van der Waals surface area contributed by atoms with Crippen LogP contribution in [0.5, 0.6) is 0 Å². The van der Waals surface area contributed by atoms with E-state index in [-0.39, 0.29) is 24.7 Å². The number of aromatic nitrogens is 2. The quantitative estimate of drug-likeness (QED) is 0.854. The number of halogens is 1. The minimum atomic E-state index is -0.587. The Hall–Kier alpha value is -3.34. The second kappa shape index (κ2) is 6.65. The van der Waals surface area contributed by atoms with Crippen molar-refractivity contribution in [2.24, 2.45) is 0 Å². The summed E-state index contributed by atoms with van der Waals surface area (Å²) in [7, 11) is 0. The molecule has 1 atom stereocenters. The third kappa shape index (κ3) is 3.45. The molecule has 3 rings (SSSR count). The van der Waals surface area contributed by atoms with Gasteiger partial charge in [0.1, 0.15) is 11.8 Å². The lowest BCUT2D eigenvalue weighted by Crippen LogP contribution is -2.33. The zero-order valence-electron chi connectivity index (χ0n) is 13.4. The number of terminal acetylenes is 1. The first-order chi connectivity index (χ1) is 12.0. The van der Waals surface area contributed by atoms with Crippen LogP contribution in [0, 0.1) is 18.2 Å². The van der Waals surface area contributed by atoms with Gasteiger partial charge in [0.2, 0.25) is 5.91 Å². The summed E-state index contributed by atoms with van der Waals surface area (Å²) in [6.07, 6.45) is 7.20. The van der Waals surface area contributed by atoms with E-state index >= 15 is 0 Å². The van der Waals surface area contributed by atoms with Crippen molar-refractivity contribution in [2.75, 3.05) is 18.0 Å². The number of rotatable bonds is 4. The number of cyclic esters (lactones) is 1. The van der Waals surface area contributed by atoms with Crippen LogP contribution in [0.25, 0.3) is 5.69 Å². The number of ether oxygens (including phenoxy) is 1. The first kappa shape index (κ1) is 16.5. The van der Waals surface area contributed by atoms with Gasteiger partial charge in [0.25, 0.3) is 0 Å². The summed E-state index contributed by atoms with van der Waals surface area (Å²) >= 11 is 0. The van der Waals surface area contributed by atoms with Gasteiger partial charge in [-0.15, -0.1) is 6.42 Å². The predicted octanol–water partition coefficient (Wildman–Crippen LogP) is 1.45. The molecule has 8 heteroatoms. The van der Waals surface area contributed by atoms with Crippen molar-refractivity contribution in [2.45, 2.75) is 13.0 Å². The van der Waals surface area contributed by atoms with E-state index in [4.69, 9.17) is 11.2 Å². The highest BCUT2D eigenvalue weighted by Gasteiger charge is 2.32. The number of anilines is 1. The van der Waals surface area contributed by atoms with Crippen molar-refractivity contribution < 1.29 is 18.7 Å². The standard InChI is InChI=1S/C17H15FN4O3/c1-3-12-7-20-22(9-12)16-5-4-13(6-15(16)18)21-10-14(25-17(21)24)8-19-11(2)23/h1,4-7,9,14H,8,10H2,2H3,(H,19,23)/t14-/m0/s1. The second-order valence-electron chi connectivity index (χ2n) is 5.51. The van der Waals surface area contributed by atoms with E-state index in [0.29, 0.717) is 11.3 Å². The van der Waals surface area contributed by atoms with E-state index in [2.05, 4.69) is 16.3 Å². The first-order valence-electron chi connectivity index (χ1n) is 7.51. The largest absolute Gasteiger partial charge is 0.442 e. The monoisotopic (exact) mass is 342 g/mol. The van der Waals surface area contributed by atoms with E-state index in [0.717, 1.165) is 0 Å². The van der Waals surface area contributed by atoms with Crippen molar-refractivity contribution in [3.63, 3.8) is 0 Å². The van der Waals surface area contributed by atoms with Gasteiger partial charge >= 0.3 is 6.09 Å². The Morgan fingerprint density at radius 2 is 2.36 bits per heavy atom. The molecule has 1 aromatic carbocycles. The van der Waals surface area contributed by atoms with E-state index in [1.54, 1.807) is 6.07 Å². The number of nitrogens with zero attached hydrogens (tertiary/aromatic N) is 3. The number of carbonyl (C=O) groups excluding carboxylic acids is 2. The average Bonchev–Trinajstić information content (AvgIpc) is 3.19. The molecule has 1 aliphatic heterocycles. The maximum absolute atomic E-state index is 14.4. The molecule has 2 amide bonds. The first-order valence-corrected chi connectivity index (χ1v) is 7.51. The molecule has 1 saturated heterocycles. The van der Waals surface area contributed by atoms with Crippen LogP contribution in [0.1, 0.15) is 12.5 Å². The molecule has 0 bridgehead atoms. The SMILES string of the molecule is C#Cc1cnn(-c2ccc(N3C[C@H](CNC(C)=O)OC3=O)cc2F)c1. The molecule has 1 N–H and O–H groups in total. The molecular formula is C17H15FN4O3. The zero-order valence-corrected chi connectivity index (χ0v) is 13.4. The highest BCUT2D eigenvalue weighted by molar-refractivity contribution is 5.90. The normalized spacial score (nSPS) is 16.4. The molecule has 2 heterocycles.